The van der Waals surface area contributed by atoms with Gasteiger partial charge in [-0.05, 0) is 25.0 Å². The highest BCUT2D eigenvalue weighted by Crippen LogP contribution is 2.36. The quantitative estimate of drug-likeness (QED) is 0.842. The minimum atomic E-state index is -0.128. The highest BCUT2D eigenvalue weighted by Gasteiger charge is 2.33. The summed E-state index contributed by atoms with van der Waals surface area (Å²) in [4.78, 5) is 29.9. The second-order valence-corrected chi connectivity index (χ2v) is 5.98. The lowest BCUT2D eigenvalue weighted by Crippen LogP contribution is -2.41. The Morgan fingerprint density at radius 3 is 2.65 bits per heavy atom. The SMILES string of the molecule is O=C(CN1CCN(c2ccc3c(c2)OCO3)C1=O)N1CCCC1. The Morgan fingerprint density at radius 2 is 1.83 bits per heavy atom. The van der Waals surface area contributed by atoms with Gasteiger partial charge in [0.25, 0.3) is 0 Å². The van der Waals surface area contributed by atoms with Crippen LogP contribution in [0.3, 0.4) is 0 Å². The summed E-state index contributed by atoms with van der Waals surface area (Å²) in [6.45, 7) is 3.14. The van der Waals surface area contributed by atoms with Gasteiger partial charge in [0, 0.05) is 37.9 Å². The van der Waals surface area contributed by atoms with Crippen LogP contribution in [0.1, 0.15) is 12.8 Å². The van der Waals surface area contributed by atoms with Crippen molar-refractivity contribution in [3.8, 4) is 11.5 Å². The third kappa shape index (κ3) is 2.56. The van der Waals surface area contributed by atoms with Crippen molar-refractivity contribution in [2.45, 2.75) is 12.8 Å². The van der Waals surface area contributed by atoms with Gasteiger partial charge in [-0.1, -0.05) is 0 Å². The van der Waals surface area contributed by atoms with Crippen molar-refractivity contribution in [1.82, 2.24) is 9.80 Å². The first-order valence-corrected chi connectivity index (χ1v) is 7.96. The molecule has 1 aromatic rings. The highest BCUT2D eigenvalue weighted by molar-refractivity contribution is 5.96. The third-order valence-electron chi connectivity index (χ3n) is 4.55. The van der Waals surface area contributed by atoms with Crippen molar-refractivity contribution >= 4 is 17.6 Å². The van der Waals surface area contributed by atoms with Gasteiger partial charge in [-0.3, -0.25) is 9.69 Å². The molecule has 7 heteroatoms. The maximum atomic E-state index is 12.6. The van der Waals surface area contributed by atoms with Gasteiger partial charge >= 0.3 is 6.03 Å². The molecule has 23 heavy (non-hydrogen) atoms. The summed E-state index contributed by atoms with van der Waals surface area (Å²) in [5.74, 6) is 1.40. The normalized spacial score (nSPS) is 19.8. The number of benzene rings is 1. The molecule has 3 aliphatic rings. The largest absolute Gasteiger partial charge is 0.454 e. The number of fused-ring (bicyclic) bond motifs is 1. The smallest absolute Gasteiger partial charge is 0.325 e. The molecule has 3 amide bonds. The predicted molar refractivity (Wildman–Crippen MR) is 82.7 cm³/mol. The standard InChI is InChI=1S/C16H19N3O4/c20-15(17-5-1-2-6-17)10-18-7-8-19(16(18)21)12-3-4-13-14(9-12)23-11-22-13/h3-4,9H,1-2,5-8,10-11H2. The van der Waals surface area contributed by atoms with Crippen molar-refractivity contribution in [2.75, 3.05) is 44.4 Å². The maximum absolute atomic E-state index is 12.6. The van der Waals surface area contributed by atoms with E-state index in [1.54, 1.807) is 9.80 Å². The maximum Gasteiger partial charge on any atom is 0.325 e. The molecule has 0 N–H and O–H groups in total. The number of carbonyl (C=O) groups is 2. The Labute approximate surface area is 134 Å². The van der Waals surface area contributed by atoms with Crippen LogP contribution >= 0.6 is 0 Å². The number of anilines is 1. The number of nitrogens with zero attached hydrogens (tertiary/aromatic N) is 3. The summed E-state index contributed by atoms with van der Waals surface area (Å²) < 4.78 is 10.6. The Kier molecular flexibility index (Phi) is 3.48. The van der Waals surface area contributed by atoms with E-state index in [0.717, 1.165) is 31.6 Å². The number of carbonyl (C=O) groups excluding carboxylic acids is 2. The van der Waals surface area contributed by atoms with E-state index in [0.29, 0.717) is 24.6 Å². The minimum Gasteiger partial charge on any atom is -0.454 e. The van der Waals surface area contributed by atoms with E-state index >= 15 is 0 Å². The van der Waals surface area contributed by atoms with Crippen LogP contribution in [0, 0.1) is 0 Å². The molecule has 0 aliphatic carbocycles. The van der Waals surface area contributed by atoms with Crippen molar-refractivity contribution < 1.29 is 19.1 Å². The van der Waals surface area contributed by atoms with Crippen LogP contribution in [0.2, 0.25) is 0 Å². The molecule has 2 saturated heterocycles. The van der Waals surface area contributed by atoms with Crippen molar-refractivity contribution in [3.05, 3.63) is 18.2 Å². The van der Waals surface area contributed by atoms with Crippen LogP contribution < -0.4 is 14.4 Å². The topological polar surface area (TPSA) is 62.3 Å². The monoisotopic (exact) mass is 317 g/mol. The average Bonchev–Trinajstić information content (AvgIpc) is 3.28. The Bertz CT molecular complexity index is 642. The van der Waals surface area contributed by atoms with Crippen LogP contribution in [-0.2, 0) is 4.79 Å². The fraction of sp³-hybridized carbons (Fsp3) is 0.500. The summed E-state index contributed by atoms with van der Waals surface area (Å²) in [6, 6.07) is 5.34. The Morgan fingerprint density at radius 1 is 1.04 bits per heavy atom. The molecule has 4 rings (SSSR count). The van der Waals surface area contributed by atoms with E-state index in [1.165, 1.54) is 0 Å². The zero-order valence-corrected chi connectivity index (χ0v) is 12.9. The molecule has 122 valence electrons. The number of urea groups is 1. The van der Waals surface area contributed by atoms with Gasteiger partial charge in [-0.25, -0.2) is 4.79 Å². The number of rotatable bonds is 3. The highest BCUT2D eigenvalue weighted by atomic mass is 16.7. The number of hydrogen-bond acceptors (Lipinski definition) is 4. The first-order chi connectivity index (χ1) is 11.2. The Balaban J connectivity index is 1.44. The molecule has 3 heterocycles. The Hall–Kier alpha value is -2.44. The predicted octanol–water partition coefficient (Wildman–Crippen LogP) is 1.28. The lowest BCUT2D eigenvalue weighted by Gasteiger charge is -2.21. The van der Waals surface area contributed by atoms with Gasteiger partial charge in [0.15, 0.2) is 11.5 Å². The van der Waals surface area contributed by atoms with E-state index in [4.69, 9.17) is 9.47 Å². The summed E-state index contributed by atoms with van der Waals surface area (Å²) in [6.07, 6.45) is 2.12. The molecular formula is C16H19N3O4. The van der Waals surface area contributed by atoms with E-state index in [2.05, 4.69) is 0 Å². The van der Waals surface area contributed by atoms with Crippen molar-refractivity contribution in [2.24, 2.45) is 0 Å². The molecule has 0 saturated carbocycles. The van der Waals surface area contributed by atoms with Gasteiger partial charge < -0.3 is 19.3 Å². The first-order valence-electron chi connectivity index (χ1n) is 7.96. The summed E-state index contributed by atoms with van der Waals surface area (Å²) >= 11 is 0. The van der Waals surface area contributed by atoms with Crippen LogP contribution in [-0.4, -0.2) is 61.3 Å². The van der Waals surface area contributed by atoms with Gasteiger partial charge in [-0.15, -0.1) is 0 Å². The van der Waals surface area contributed by atoms with E-state index in [-0.39, 0.29) is 25.3 Å². The molecule has 7 nitrogen and oxygen atoms in total. The van der Waals surface area contributed by atoms with Crippen LogP contribution in [0.15, 0.2) is 18.2 Å². The lowest BCUT2D eigenvalue weighted by molar-refractivity contribution is -0.130. The minimum absolute atomic E-state index is 0.0448. The van der Waals surface area contributed by atoms with Gasteiger partial charge in [0.2, 0.25) is 12.7 Å². The first kappa shape index (κ1) is 14.2. The molecule has 1 aromatic carbocycles. The molecule has 3 aliphatic heterocycles. The van der Waals surface area contributed by atoms with E-state index in [1.807, 2.05) is 23.1 Å². The van der Waals surface area contributed by atoms with E-state index in [9.17, 15) is 9.59 Å². The molecule has 0 spiro atoms. The van der Waals surface area contributed by atoms with Crippen LogP contribution in [0.25, 0.3) is 0 Å². The zero-order valence-electron chi connectivity index (χ0n) is 12.9. The molecule has 2 fully saturated rings. The lowest BCUT2D eigenvalue weighted by atomic mass is 10.2. The molecular weight excluding hydrogens is 298 g/mol. The van der Waals surface area contributed by atoms with Gasteiger partial charge in [0.05, 0.1) is 0 Å². The molecule has 0 unspecified atom stereocenters. The van der Waals surface area contributed by atoms with Crippen molar-refractivity contribution in [3.63, 3.8) is 0 Å². The average molecular weight is 317 g/mol. The molecule has 0 aromatic heterocycles. The van der Waals surface area contributed by atoms with Gasteiger partial charge in [-0.2, -0.15) is 0 Å². The fourth-order valence-corrected chi connectivity index (χ4v) is 3.25. The molecule has 0 radical (unpaired) electrons. The third-order valence-corrected chi connectivity index (χ3v) is 4.55. The second-order valence-electron chi connectivity index (χ2n) is 5.98. The van der Waals surface area contributed by atoms with Crippen molar-refractivity contribution in [1.29, 1.82) is 0 Å². The number of likely N-dealkylation sites (tertiary alicyclic amines) is 1. The van der Waals surface area contributed by atoms with Gasteiger partial charge in [0.1, 0.15) is 6.54 Å². The summed E-state index contributed by atoms with van der Waals surface area (Å²) in [5, 5.41) is 0. The van der Waals surface area contributed by atoms with Crippen LogP contribution in [0.5, 0.6) is 11.5 Å². The number of ether oxygens (including phenoxy) is 2. The fourth-order valence-electron chi connectivity index (χ4n) is 3.25. The number of hydrogen-bond donors (Lipinski definition) is 0. The number of amides is 3. The second kappa shape index (κ2) is 5.64. The van der Waals surface area contributed by atoms with E-state index < -0.39 is 0 Å². The molecule has 0 bridgehead atoms. The summed E-state index contributed by atoms with van der Waals surface area (Å²) in [7, 11) is 0. The van der Waals surface area contributed by atoms with Crippen LogP contribution in [0.4, 0.5) is 10.5 Å². The zero-order chi connectivity index (χ0) is 15.8. The molecule has 0 atom stereocenters. The summed E-state index contributed by atoms with van der Waals surface area (Å²) in [5.41, 5.74) is 0.773.